The van der Waals surface area contributed by atoms with Crippen LogP contribution in [0.4, 0.5) is 5.69 Å². The fourth-order valence-electron chi connectivity index (χ4n) is 1.94. The number of nitrogens with zero attached hydrogens (tertiary/aromatic N) is 1. The van der Waals surface area contributed by atoms with Crippen LogP contribution in [-0.4, -0.2) is 19.9 Å². The van der Waals surface area contributed by atoms with Gasteiger partial charge >= 0.3 is 0 Å². The minimum atomic E-state index is 0.526. The molecule has 0 atom stereocenters. The van der Waals surface area contributed by atoms with Crippen LogP contribution in [0.25, 0.3) is 0 Å². The normalized spacial score (nSPS) is 10.9. The second kappa shape index (κ2) is 7.85. The van der Waals surface area contributed by atoms with Gasteiger partial charge < -0.3 is 9.47 Å². The highest BCUT2D eigenvalue weighted by molar-refractivity contribution is 6.32. The van der Waals surface area contributed by atoms with Crippen molar-refractivity contribution in [3.8, 4) is 11.5 Å². The average molecular weight is 318 g/mol. The van der Waals surface area contributed by atoms with Gasteiger partial charge in [-0.3, -0.25) is 4.99 Å². The standard InChI is InChI=1S/C18H20ClNO2/c1-4-9-22-18-16(19)10-14(11-17(18)21-3)12-20-15-7-5-13(2)6-8-15/h5-8,10-12H,4,9H2,1-3H3. The van der Waals surface area contributed by atoms with E-state index in [1.165, 1.54) is 5.56 Å². The molecule has 2 rings (SSSR count). The predicted molar refractivity (Wildman–Crippen MR) is 92.2 cm³/mol. The third kappa shape index (κ3) is 4.25. The topological polar surface area (TPSA) is 30.8 Å². The minimum Gasteiger partial charge on any atom is -0.493 e. The van der Waals surface area contributed by atoms with Crippen LogP contribution in [0.15, 0.2) is 41.4 Å². The third-order valence-corrected chi connectivity index (χ3v) is 3.38. The first-order valence-electron chi connectivity index (χ1n) is 7.25. The lowest BCUT2D eigenvalue weighted by Gasteiger charge is -2.12. The van der Waals surface area contributed by atoms with E-state index in [9.17, 15) is 0 Å². The molecule has 0 aromatic heterocycles. The van der Waals surface area contributed by atoms with Crippen LogP contribution >= 0.6 is 11.6 Å². The molecule has 0 fully saturated rings. The zero-order valence-corrected chi connectivity index (χ0v) is 13.9. The number of rotatable bonds is 6. The van der Waals surface area contributed by atoms with Gasteiger partial charge in [-0.25, -0.2) is 0 Å². The van der Waals surface area contributed by atoms with Crippen molar-refractivity contribution in [1.29, 1.82) is 0 Å². The van der Waals surface area contributed by atoms with Gasteiger partial charge in [-0.15, -0.1) is 0 Å². The number of methoxy groups -OCH3 is 1. The Morgan fingerprint density at radius 3 is 2.55 bits per heavy atom. The lowest BCUT2D eigenvalue weighted by Crippen LogP contribution is -1.99. The summed E-state index contributed by atoms with van der Waals surface area (Å²) < 4.78 is 11.0. The Kier molecular flexibility index (Phi) is 5.84. The van der Waals surface area contributed by atoms with Gasteiger partial charge in [-0.2, -0.15) is 0 Å². The summed E-state index contributed by atoms with van der Waals surface area (Å²) in [7, 11) is 1.60. The van der Waals surface area contributed by atoms with Gasteiger partial charge in [0.25, 0.3) is 0 Å². The average Bonchev–Trinajstić information content (AvgIpc) is 2.53. The van der Waals surface area contributed by atoms with Crippen molar-refractivity contribution in [2.24, 2.45) is 4.99 Å². The first-order valence-corrected chi connectivity index (χ1v) is 7.63. The van der Waals surface area contributed by atoms with E-state index in [-0.39, 0.29) is 0 Å². The van der Waals surface area contributed by atoms with E-state index in [1.807, 2.05) is 50.2 Å². The van der Waals surface area contributed by atoms with E-state index in [0.29, 0.717) is 23.1 Å². The first kappa shape index (κ1) is 16.4. The summed E-state index contributed by atoms with van der Waals surface area (Å²) in [6, 6.07) is 11.7. The van der Waals surface area contributed by atoms with Crippen LogP contribution in [0.2, 0.25) is 5.02 Å². The summed E-state index contributed by atoms with van der Waals surface area (Å²) in [6.07, 6.45) is 2.68. The van der Waals surface area contributed by atoms with Crippen LogP contribution in [0.5, 0.6) is 11.5 Å². The Morgan fingerprint density at radius 1 is 1.18 bits per heavy atom. The second-order valence-corrected chi connectivity index (χ2v) is 5.38. The highest BCUT2D eigenvalue weighted by atomic mass is 35.5. The number of hydrogen-bond acceptors (Lipinski definition) is 3. The molecule has 2 aromatic carbocycles. The van der Waals surface area contributed by atoms with Crippen molar-refractivity contribution in [3.63, 3.8) is 0 Å². The molecular formula is C18H20ClNO2. The number of halogens is 1. The zero-order chi connectivity index (χ0) is 15.9. The molecule has 22 heavy (non-hydrogen) atoms. The number of hydrogen-bond donors (Lipinski definition) is 0. The van der Waals surface area contributed by atoms with Crippen LogP contribution < -0.4 is 9.47 Å². The van der Waals surface area contributed by atoms with Gasteiger partial charge in [0.15, 0.2) is 11.5 Å². The van der Waals surface area contributed by atoms with Crippen molar-refractivity contribution in [2.75, 3.05) is 13.7 Å². The van der Waals surface area contributed by atoms with Crippen molar-refractivity contribution in [3.05, 3.63) is 52.5 Å². The van der Waals surface area contributed by atoms with E-state index >= 15 is 0 Å². The number of aryl methyl sites for hydroxylation is 1. The molecule has 0 aliphatic carbocycles. The molecule has 0 heterocycles. The molecule has 0 N–H and O–H groups in total. The Morgan fingerprint density at radius 2 is 1.91 bits per heavy atom. The molecule has 0 bridgehead atoms. The molecule has 0 radical (unpaired) electrons. The summed E-state index contributed by atoms with van der Waals surface area (Å²) in [6.45, 7) is 4.70. The maximum Gasteiger partial charge on any atom is 0.179 e. The van der Waals surface area contributed by atoms with E-state index in [0.717, 1.165) is 17.7 Å². The Bertz CT molecular complexity index is 651. The SMILES string of the molecule is CCCOc1c(Cl)cc(C=Nc2ccc(C)cc2)cc1OC. The maximum atomic E-state index is 6.28. The predicted octanol–water partition coefficient (Wildman–Crippen LogP) is 5.20. The van der Waals surface area contributed by atoms with Gasteiger partial charge in [-0.1, -0.05) is 36.2 Å². The quantitative estimate of drug-likeness (QED) is 0.686. The van der Waals surface area contributed by atoms with E-state index < -0.39 is 0 Å². The number of ether oxygens (including phenoxy) is 2. The molecule has 0 unspecified atom stereocenters. The molecule has 0 saturated heterocycles. The number of benzene rings is 2. The summed E-state index contributed by atoms with van der Waals surface area (Å²) in [5, 5.41) is 0.526. The lowest BCUT2D eigenvalue weighted by atomic mass is 10.2. The Labute approximate surface area is 136 Å². The van der Waals surface area contributed by atoms with Crippen LogP contribution in [0.3, 0.4) is 0 Å². The maximum absolute atomic E-state index is 6.28. The van der Waals surface area contributed by atoms with Gasteiger partial charge in [0.2, 0.25) is 0 Å². The van der Waals surface area contributed by atoms with Gasteiger partial charge in [0.05, 0.1) is 24.4 Å². The monoisotopic (exact) mass is 317 g/mol. The molecule has 4 heteroatoms. The minimum absolute atomic E-state index is 0.526. The molecule has 0 saturated carbocycles. The third-order valence-electron chi connectivity index (χ3n) is 3.10. The molecule has 3 nitrogen and oxygen atoms in total. The second-order valence-electron chi connectivity index (χ2n) is 4.98. The highest BCUT2D eigenvalue weighted by Gasteiger charge is 2.11. The van der Waals surface area contributed by atoms with Crippen molar-refractivity contribution < 1.29 is 9.47 Å². The van der Waals surface area contributed by atoms with Crippen LogP contribution in [0, 0.1) is 6.92 Å². The molecule has 2 aromatic rings. The molecular weight excluding hydrogens is 298 g/mol. The largest absolute Gasteiger partial charge is 0.493 e. The Hall–Kier alpha value is -2.00. The lowest BCUT2D eigenvalue weighted by molar-refractivity contribution is 0.294. The molecule has 116 valence electrons. The fourth-order valence-corrected chi connectivity index (χ4v) is 2.21. The summed E-state index contributed by atoms with van der Waals surface area (Å²) in [5.41, 5.74) is 2.97. The smallest absolute Gasteiger partial charge is 0.179 e. The summed E-state index contributed by atoms with van der Waals surface area (Å²) in [5.74, 6) is 1.20. The molecule has 0 aliphatic rings. The fraction of sp³-hybridized carbons (Fsp3) is 0.278. The van der Waals surface area contributed by atoms with Gasteiger partial charge in [0, 0.05) is 6.21 Å². The van der Waals surface area contributed by atoms with E-state index in [4.69, 9.17) is 21.1 Å². The van der Waals surface area contributed by atoms with Crippen molar-refractivity contribution >= 4 is 23.5 Å². The van der Waals surface area contributed by atoms with E-state index in [1.54, 1.807) is 13.3 Å². The van der Waals surface area contributed by atoms with E-state index in [2.05, 4.69) is 4.99 Å². The van der Waals surface area contributed by atoms with Crippen molar-refractivity contribution in [1.82, 2.24) is 0 Å². The summed E-state index contributed by atoms with van der Waals surface area (Å²) in [4.78, 5) is 4.45. The van der Waals surface area contributed by atoms with Gasteiger partial charge in [-0.05, 0) is 43.2 Å². The van der Waals surface area contributed by atoms with Crippen molar-refractivity contribution in [2.45, 2.75) is 20.3 Å². The van der Waals surface area contributed by atoms with Crippen LogP contribution in [0.1, 0.15) is 24.5 Å². The Balaban J connectivity index is 2.24. The molecule has 0 spiro atoms. The van der Waals surface area contributed by atoms with Crippen LogP contribution in [-0.2, 0) is 0 Å². The summed E-state index contributed by atoms with van der Waals surface area (Å²) >= 11 is 6.28. The number of aliphatic imine (C=N–C) groups is 1. The molecule has 0 amide bonds. The zero-order valence-electron chi connectivity index (χ0n) is 13.1. The van der Waals surface area contributed by atoms with Gasteiger partial charge in [0.1, 0.15) is 0 Å². The molecule has 0 aliphatic heterocycles. The highest BCUT2D eigenvalue weighted by Crippen LogP contribution is 2.36. The first-order chi connectivity index (χ1) is 10.6.